The monoisotopic (exact) mass is 241 g/mol. The van der Waals surface area contributed by atoms with Crippen LogP contribution < -0.4 is 5.73 Å². The van der Waals surface area contributed by atoms with Gasteiger partial charge < -0.3 is 15.9 Å². The third-order valence-electron chi connectivity index (χ3n) is 1.58. The summed E-state index contributed by atoms with van der Waals surface area (Å²) >= 11 is 0. The highest BCUT2D eigenvalue weighted by molar-refractivity contribution is 5.75. The number of halogens is 6. The molecule has 0 aliphatic rings. The standard InChI is InChI=1S/C5H5F6NO3/c6-4(7,8)3(15,5(9,10)11)1(12)2(13)14/h1,15H,12H2,(H,13,14)/t1-/m1/s1. The lowest BCUT2D eigenvalue weighted by atomic mass is 9.93. The summed E-state index contributed by atoms with van der Waals surface area (Å²) < 4.78 is 71.4. The lowest BCUT2D eigenvalue weighted by molar-refractivity contribution is -0.371. The number of alkyl halides is 6. The predicted molar refractivity (Wildman–Crippen MR) is 32.7 cm³/mol. The molecule has 0 aromatic rings. The number of carbonyl (C=O) groups is 1. The first-order valence-electron chi connectivity index (χ1n) is 3.20. The van der Waals surface area contributed by atoms with Crippen molar-refractivity contribution in [1.29, 1.82) is 0 Å². The van der Waals surface area contributed by atoms with E-state index in [9.17, 15) is 31.1 Å². The number of carboxylic acids is 1. The Labute approximate surface area is 78.3 Å². The Bertz CT molecular complexity index is 244. The van der Waals surface area contributed by atoms with Crippen molar-refractivity contribution in [2.24, 2.45) is 5.73 Å². The second-order valence-corrected chi connectivity index (χ2v) is 2.58. The summed E-state index contributed by atoms with van der Waals surface area (Å²) in [5.74, 6) is -2.62. The Morgan fingerprint density at radius 3 is 1.40 bits per heavy atom. The second kappa shape index (κ2) is 3.52. The molecule has 0 heterocycles. The number of hydrogen-bond acceptors (Lipinski definition) is 3. The van der Waals surface area contributed by atoms with Crippen molar-refractivity contribution in [2.75, 3.05) is 0 Å². The van der Waals surface area contributed by atoms with Crippen molar-refractivity contribution < 1.29 is 41.4 Å². The van der Waals surface area contributed by atoms with Crippen LogP contribution in [0.4, 0.5) is 26.3 Å². The number of aliphatic hydroxyl groups is 1. The number of hydrogen-bond donors (Lipinski definition) is 3. The molecule has 0 saturated heterocycles. The maximum Gasteiger partial charge on any atom is 0.428 e. The summed E-state index contributed by atoms with van der Waals surface area (Å²) in [4.78, 5) is 9.95. The minimum absolute atomic E-state index is 2.62. The molecule has 0 aliphatic carbocycles. The van der Waals surface area contributed by atoms with Crippen LogP contribution in [-0.2, 0) is 4.79 Å². The zero-order valence-corrected chi connectivity index (χ0v) is 6.73. The van der Waals surface area contributed by atoms with Gasteiger partial charge in [0.05, 0.1) is 0 Å². The maximum atomic E-state index is 11.9. The van der Waals surface area contributed by atoms with Gasteiger partial charge in [-0.05, 0) is 0 Å². The van der Waals surface area contributed by atoms with Gasteiger partial charge in [-0.25, -0.2) is 0 Å². The summed E-state index contributed by atoms with van der Waals surface area (Å²) in [5.41, 5.74) is -1.29. The highest BCUT2D eigenvalue weighted by Crippen LogP contribution is 2.44. The van der Waals surface area contributed by atoms with Crippen molar-refractivity contribution in [3.8, 4) is 0 Å². The molecule has 4 nitrogen and oxygen atoms in total. The van der Waals surface area contributed by atoms with Crippen LogP contribution in [-0.4, -0.2) is 40.2 Å². The van der Waals surface area contributed by atoms with Gasteiger partial charge in [-0.1, -0.05) is 0 Å². The van der Waals surface area contributed by atoms with Crippen LogP contribution in [0.5, 0.6) is 0 Å². The first-order chi connectivity index (χ1) is 6.35. The van der Waals surface area contributed by atoms with Crippen LogP contribution in [0.1, 0.15) is 0 Å². The summed E-state index contributed by atoms with van der Waals surface area (Å²) in [6.07, 6.45) is -12.5. The molecular formula is C5H5F6NO3. The normalized spacial score (nSPS) is 16.3. The molecule has 0 rings (SSSR count). The molecular weight excluding hydrogens is 236 g/mol. The van der Waals surface area contributed by atoms with Gasteiger partial charge in [-0.3, -0.25) is 4.79 Å². The SMILES string of the molecule is N[C@H](C(=O)O)C(O)(C(F)(F)F)C(F)(F)F. The van der Waals surface area contributed by atoms with Gasteiger partial charge in [0.15, 0.2) is 6.04 Å². The molecule has 0 aromatic carbocycles. The Morgan fingerprint density at radius 2 is 1.33 bits per heavy atom. The fourth-order valence-electron chi connectivity index (χ4n) is 0.692. The van der Waals surface area contributed by atoms with Crippen LogP contribution in [0.3, 0.4) is 0 Å². The average Bonchev–Trinajstić information content (AvgIpc) is 1.96. The molecule has 0 saturated carbocycles. The lowest BCUT2D eigenvalue weighted by Gasteiger charge is -2.34. The molecule has 0 aliphatic heterocycles. The fourth-order valence-corrected chi connectivity index (χ4v) is 0.692. The summed E-state index contributed by atoms with van der Waals surface area (Å²) in [5, 5.41) is 16.3. The topological polar surface area (TPSA) is 83.6 Å². The lowest BCUT2D eigenvalue weighted by Crippen LogP contribution is -2.69. The number of nitrogens with two attached hydrogens (primary N) is 1. The Morgan fingerprint density at radius 1 is 1.07 bits per heavy atom. The largest absolute Gasteiger partial charge is 0.480 e. The minimum Gasteiger partial charge on any atom is -0.480 e. The predicted octanol–water partition coefficient (Wildman–Crippen LogP) is 0.254. The summed E-state index contributed by atoms with van der Waals surface area (Å²) in [7, 11) is 0. The van der Waals surface area contributed by atoms with E-state index in [1.807, 2.05) is 0 Å². The average molecular weight is 241 g/mol. The van der Waals surface area contributed by atoms with E-state index in [2.05, 4.69) is 5.73 Å². The van der Waals surface area contributed by atoms with Crippen molar-refractivity contribution in [1.82, 2.24) is 0 Å². The number of rotatable bonds is 2. The van der Waals surface area contributed by atoms with E-state index < -0.39 is 30.0 Å². The quantitative estimate of drug-likeness (QED) is 0.605. The van der Waals surface area contributed by atoms with Crippen LogP contribution in [0.15, 0.2) is 0 Å². The van der Waals surface area contributed by atoms with E-state index in [-0.39, 0.29) is 0 Å². The maximum absolute atomic E-state index is 11.9. The van der Waals surface area contributed by atoms with Crippen LogP contribution in [0.25, 0.3) is 0 Å². The Balaban J connectivity index is 5.53. The molecule has 0 aromatic heterocycles. The molecule has 1 atom stereocenters. The van der Waals surface area contributed by atoms with Crippen molar-refractivity contribution in [3.05, 3.63) is 0 Å². The molecule has 0 bridgehead atoms. The van der Waals surface area contributed by atoms with Gasteiger partial charge in [-0.15, -0.1) is 0 Å². The molecule has 10 heteroatoms. The zero-order chi connectivity index (χ0) is 12.7. The second-order valence-electron chi connectivity index (χ2n) is 2.58. The third kappa shape index (κ3) is 2.15. The van der Waals surface area contributed by atoms with E-state index >= 15 is 0 Å². The van der Waals surface area contributed by atoms with E-state index in [1.54, 1.807) is 0 Å². The Kier molecular flexibility index (Phi) is 3.28. The van der Waals surface area contributed by atoms with Crippen LogP contribution >= 0.6 is 0 Å². The first kappa shape index (κ1) is 14.0. The highest BCUT2D eigenvalue weighted by atomic mass is 19.4. The molecule has 0 fully saturated rings. The third-order valence-corrected chi connectivity index (χ3v) is 1.58. The molecule has 0 spiro atoms. The number of aliphatic carboxylic acids is 1. The molecule has 0 radical (unpaired) electrons. The molecule has 90 valence electrons. The van der Waals surface area contributed by atoms with Crippen molar-refractivity contribution in [2.45, 2.75) is 24.0 Å². The van der Waals surface area contributed by atoms with E-state index in [0.29, 0.717) is 0 Å². The van der Waals surface area contributed by atoms with Crippen LogP contribution in [0.2, 0.25) is 0 Å². The van der Waals surface area contributed by atoms with Gasteiger partial charge >= 0.3 is 18.3 Å². The fraction of sp³-hybridized carbons (Fsp3) is 0.800. The number of carboxylic acid groups (broad SMARTS) is 1. The van der Waals surface area contributed by atoms with E-state index in [0.717, 1.165) is 0 Å². The van der Waals surface area contributed by atoms with Crippen LogP contribution in [0, 0.1) is 0 Å². The van der Waals surface area contributed by atoms with Crippen molar-refractivity contribution >= 4 is 5.97 Å². The molecule has 0 unspecified atom stereocenters. The zero-order valence-electron chi connectivity index (χ0n) is 6.73. The highest BCUT2D eigenvalue weighted by Gasteiger charge is 2.75. The Hall–Kier alpha value is -1.03. The van der Waals surface area contributed by atoms with Crippen molar-refractivity contribution in [3.63, 3.8) is 0 Å². The van der Waals surface area contributed by atoms with E-state index in [4.69, 9.17) is 10.2 Å². The van der Waals surface area contributed by atoms with Gasteiger partial charge in [-0.2, -0.15) is 26.3 Å². The minimum atomic E-state index is -6.23. The van der Waals surface area contributed by atoms with E-state index in [1.165, 1.54) is 0 Å². The molecule has 4 N–H and O–H groups in total. The summed E-state index contributed by atoms with van der Waals surface area (Å²) in [6.45, 7) is 0. The molecule has 0 amide bonds. The summed E-state index contributed by atoms with van der Waals surface area (Å²) in [6, 6.07) is -3.54. The van der Waals surface area contributed by atoms with Gasteiger partial charge in [0.1, 0.15) is 0 Å². The smallest absolute Gasteiger partial charge is 0.428 e. The van der Waals surface area contributed by atoms with Gasteiger partial charge in [0.25, 0.3) is 5.60 Å². The molecule has 15 heavy (non-hydrogen) atoms. The first-order valence-corrected chi connectivity index (χ1v) is 3.20. The van der Waals surface area contributed by atoms with Gasteiger partial charge in [0, 0.05) is 0 Å². The van der Waals surface area contributed by atoms with Gasteiger partial charge in [0.2, 0.25) is 0 Å².